The molecule has 2 aromatic rings. The van der Waals surface area contributed by atoms with Crippen LogP contribution in [0.4, 0.5) is 0 Å². The van der Waals surface area contributed by atoms with E-state index in [-0.39, 0.29) is 11.9 Å². The number of nitrogens with zero attached hydrogens (tertiary/aromatic N) is 4. The second-order valence-corrected chi connectivity index (χ2v) is 7.25. The van der Waals surface area contributed by atoms with Gasteiger partial charge in [-0.25, -0.2) is 4.68 Å². The Bertz CT molecular complexity index is 859. The van der Waals surface area contributed by atoms with Crippen molar-refractivity contribution in [3.8, 4) is 17.1 Å². The number of hydrogen-bond acceptors (Lipinski definition) is 6. The van der Waals surface area contributed by atoms with Gasteiger partial charge in [-0.05, 0) is 69.7 Å². The van der Waals surface area contributed by atoms with Gasteiger partial charge in [0.2, 0.25) is 0 Å². The van der Waals surface area contributed by atoms with Crippen LogP contribution in [0.3, 0.4) is 0 Å². The molecule has 2 heterocycles. The van der Waals surface area contributed by atoms with Gasteiger partial charge in [0.25, 0.3) is 0 Å². The molecule has 0 N–H and O–H groups in total. The Hall–Kier alpha value is -2.19. The highest BCUT2D eigenvalue weighted by Crippen LogP contribution is 2.23. The third kappa shape index (κ3) is 4.44. The number of carbonyl (C=O) groups excluding carboxylic acids is 1. The summed E-state index contributed by atoms with van der Waals surface area (Å²) in [6.07, 6.45) is 1.85. The molecule has 0 bridgehead atoms. The number of esters is 1. The van der Waals surface area contributed by atoms with E-state index in [0.29, 0.717) is 24.6 Å². The van der Waals surface area contributed by atoms with Gasteiger partial charge in [-0.15, -0.1) is 0 Å². The fourth-order valence-electron chi connectivity index (χ4n) is 3.60. The molecule has 7 nitrogen and oxygen atoms in total. The van der Waals surface area contributed by atoms with Crippen LogP contribution in [0, 0.1) is 10.7 Å². The van der Waals surface area contributed by atoms with Crippen LogP contribution in [0.25, 0.3) is 11.4 Å². The molecular weight excluding hydrogens is 376 g/mol. The third-order valence-corrected chi connectivity index (χ3v) is 5.48. The van der Waals surface area contributed by atoms with Crippen molar-refractivity contribution in [1.29, 1.82) is 0 Å². The maximum absolute atomic E-state index is 12.1. The van der Waals surface area contributed by atoms with Crippen LogP contribution in [0.15, 0.2) is 24.3 Å². The Morgan fingerprint density at radius 1 is 1.29 bits per heavy atom. The summed E-state index contributed by atoms with van der Waals surface area (Å²) in [7, 11) is 1.65. The van der Waals surface area contributed by atoms with Crippen molar-refractivity contribution in [2.24, 2.45) is 5.92 Å². The summed E-state index contributed by atoms with van der Waals surface area (Å²) in [5.74, 6) is 1.48. The molecule has 1 aliphatic heterocycles. The molecule has 0 amide bonds. The first kappa shape index (κ1) is 20.5. The molecule has 28 heavy (non-hydrogen) atoms. The number of aromatic nitrogens is 3. The van der Waals surface area contributed by atoms with Crippen LogP contribution in [-0.4, -0.2) is 52.0 Å². The van der Waals surface area contributed by atoms with Crippen molar-refractivity contribution in [3.63, 3.8) is 0 Å². The zero-order valence-corrected chi connectivity index (χ0v) is 17.6. The number of benzene rings is 1. The van der Waals surface area contributed by atoms with E-state index in [9.17, 15) is 4.79 Å². The van der Waals surface area contributed by atoms with Crippen LogP contribution in [0.1, 0.15) is 26.7 Å². The van der Waals surface area contributed by atoms with Gasteiger partial charge in [0, 0.05) is 18.7 Å². The standard InChI is InChI=1S/C20H28N4O3S/c1-4-23-18(15-8-10-17(26-3)11-9-15)21-24(20(23)28)14-22-12-6-7-16(13-22)19(25)27-5-2/h8-11,16H,4-7,12-14H2,1-3H3/t16-/m0/s1. The van der Waals surface area contributed by atoms with Crippen LogP contribution in [0.2, 0.25) is 0 Å². The zero-order chi connectivity index (χ0) is 20.1. The summed E-state index contributed by atoms with van der Waals surface area (Å²) in [4.78, 5) is 14.3. The average Bonchev–Trinajstić information content (AvgIpc) is 3.03. The minimum atomic E-state index is -0.103. The van der Waals surface area contributed by atoms with Gasteiger partial charge < -0.3 is 14.0 Å². The van der Waals surface area contributed by atoms with E-state index in [4.69, 9.17) is 26.8 Å². The van der Waals surface area contributed by atoms with Gasteiger partial charge in [0.1, 0.15) is 5.75 Å². The average molecular weight is 405 g/mol. The monoisotopic (exact) mass is 404 g/mol. The third-order valence-electron chi connectivity index (χ3n) is 5.05. The number of piperidine rings is 1. The lowest BCUT2D eigenvalue weighted by Gasteiger charge is -2.31. The Balaban J connectivity index is 1.80. The molecule has 1 aliphatic rings. The second-order valence-electron chi connectivity index (χ2n) is 6.89. The van der Waals surface area contributed by atoms with Crippen LogP contribution < -0.4 is 4.74 Å². The van der Waals surface area contributed by atoms with E-state index in [1.165, 1.54) is 0 Å². The smallest absolute Gasteiger partial charge is 0.310 e. The van der Waals surface area contributed by atoms with Crippen LogP contribution in [-0.2, 0) is 22.7 Å². The van der Waals surface area contributed by atoms with Crippen molar-refractivity contribution in [1.82, 2.24) is 19.2 Å². The lowest BCUT2D eigenvalue weighted by atomic mass is 9.99. The molecule has 1 aromatic carbocycles. The summed E-state index contributed by atoms with van der Waals surface area (Å²) in [5, 5.41) is 4.78. The number of hydrogen-bond donors (Lipinski definition) is 0. The highest BCUT2D eigenvalue weighted by atomic mass is 32.1. The van der Waals surface area contributed by atoms with Crippen LogP contribution >= 0.6 is 12.2 Å². The lowest BCUT2D eigenvalue weighted by Crippen LogP contribution is -2.40. The molecule has 0 spiro atoms. The Labute approximate surface area is 170 Å². The molecule has 0 unspecified atom stereocenters. The van der Waals surface area contributed by atoms with Gasteiger partial charge >= 0.3 is 5.97 Å². The quantitative estimate of drug-likeness (QED) is 0.521. The molecule has 1 atom stereocenters. The normalized spacial score (nSPS) is 17.5. The van der Waals surface area contributed by atoms with Gasteiger partial charge in [-0.1, -0.05) is 0 Å². The first-order valence-corrected chi connectivity index (χ1v) is 10.2. The minimum absolute atomic E-state index is 0.0720. The minimum Gasteiger partial charge on any atom is -0.497 e. The second kappa shape index (κ2) is 9.34. The number of methoxy groups -OCH3 is 1. The topological polar surface area (TPSA) is 61.5 Å². The van der Waals surface area contributed by atoms with Gasteiger partial charge in [-0.2, -0.15) is 5.10 Å². The van der Waals surface area contributed by atoms with Gasteiger partial charge in [-0.3, -0.25) is 9.69 Å². The molecule has 1 saturated heterocycles. The summed E-state index contributed by atoms with van der Waals surface area (Å²) >= 11 is 5.67. The summed E-state index contributed by atoms with van der Waals surface area (Å²) in [5.41, 5.74) is 0.996. The maximum Gasteiger partial charge on any atom is 0.310 e. The first-order chi connectivity index (χ1) is 13.6. The van der Waals surface area contributed by atoms with E-state index >= 15 is 0 Å². The number of rotatable bonds is 7. The SMILES string of the molecule is CCOC(=O)[C@H]1CCCN(Cn2nc(-c3ccc(OC)cc3)n(CC)c2=S)C1. The summed E-state index contributed by atoms with van der Waals surface area (Å²) in [6, 6.07) is 7.83. The Morgan fingerprint density at radius 2 is 2.04 bits per heavy atom. The Kier molecular flexibility index (Phi) is 6.85. The van der Waals surface area contributed by atoms with Gasteiger partial charge in [0.15, 0.2) is 10.6 Å². The highest BCUT2D eigenvalue weighted by Gasteiger charge is 2.27. The van der Waals surface area contributed by atoms with E-state index in [1.807, 2.05) is 40.4 Å². The van der Waals surface area contributed by atoms with E-state index in [2.05, 4.69) is 11.8 Å². The fourth-order valence-corrected chi connectivity index (χ4v) is 3.91. The molecule has 152 valence electrons. The molecule has 1 aromatic heterocycles. The number of ether oxygens (including phenoxy) is 2. The number of likely N-dealkylation sites (tertiary alicyclic amines) is 1. The highest BCUT2D eigenvalue weighted by molar-refractivity contribution is 7.71. The van der Waals surface area contributed by atoms with E-state index in [1.54, 1.807) is 7.11 Å². The summed E-state index contributed by atoms with van der Waals surface area (Å²) < 4.78 is 15.0. The predicted octanol–water partition coefficient (Wildman–Crippen LogP) is 3.34. The maximum atomic E-state index is 12.1. The largest absolute Gasteiger partial charge is 0.497 e. The van der Waals surface area contributed by atoms with Crippen LogP contribution in [0.5, 0.6) is 5.75 Å². The summed E-state index contributed by atoms with van der Waals surface area (Å²) in [6.45, 7) is 7.25. The molecule has 0 radical (unpaired) electrons. The zero-order valence-electron chi connectivity index (χ0n) is 16.8. The molecular formula is C20H28N4O3S. The first-order valence-electron chi connectivity index (χ1n) is 9.78. The number of carbonyl (C=O) groups is 1. The molecule has 0 aliphatic carbocycles. The van der Waals surface area contributed by atoms with Gasteiger partial charge in [0.05, 0.1) is 26.3 Å². The van der Waals surface area contributed by atoms with E-state index < -0.39 is 0 Å². The van der Waals surface area contributed by atoms with E-state index in [0.717, 1.165) is 43.1 Å². The lowest BCUT2D eigenvalue weighted by molar-refractivity contribution is -0.150. The fraction of sp³-hybridized carbons (Fsp3) is 0.550. The Morgan fingerprint density at radius 3 is 2.68 bits per heavy atom. The molecule has 8 heteroatoms. The van der Waals surface area contributed by atoms with Crippen molar-refractivity contribution in [2.45, 2.75) is 39.9 Å². The van der Waals surface area contributed by atoms with Crippen molar-refractivity contribution < 1.29 is 14.3 Å². The van der Waals surface area contributed by atoms with Crippen molar-refractivity contribution in [2.75, 3.05) is 26.8 Å². The molecule has 1 fully saturated rings. The molecule has 3 rings (SSSR count). The van der Waals surface area contributed by atoms with Crippen molar-refractivity contribution >= 4 is 18.2 Å². The van der Waals surface area contributed by atoms with Crippen molar-refractivity contribution in [3.05, 3.63) is 29.0 Å². The predicted molar refractivity (Wildman–Crippen MR) is 110 cm³/mol. The molecule has 0 saturated carbocycles.